The highest BCUT2D eigenvalue weighted by Gasteiger charge is 2.17. The first-order chi connectivity index (χ1) is 13.0. The van der Waals surface area contributed by atoms with Gasteiger partial charge in [-0.15, -0.1) is 0 Å². The monoisotopic (exact) mass is 408 g/mol. The summed E-state index contributed by atoms with van der Waals surface area (Å²) in [4.78, 5) is 16.4. The molecular formula is C18H14Cl2N2O5. The molecule has 0 aliphatic carbocycles. The highest BCUT2D eigenvalue weighted by Crippen LogP contribution is 2.34. The van der Waals surface area contributed by atoms with Crippen molar-refractivity contribution < 1.29 is 23.5 Å². The van der Waals surface area contributed by atoms with Gasteiger partial charge in [0.25, 0.3) is 5.89 Å². The third-order valence-corrected chi connectivity index (χ3v) is 4.14. The standard InChI is InChI=1S/C18H14Cl2N2O5/c1-24-14-6-4-3-5-11(14)17-21-15(27-22-17)9-26-18(23)10-7-12(19)16(25-2)13(20)8-10/h3-8H,9H2,1-2H3. The second kappa shape index (κ2) is 8.28. The molecule has 7 nitrogen and oxygen atoms in total. The predicted molar refractivity (Wildman–Crippen MR) is 98.4 cm³/mol. The Bertz CT molecular complexity index is 951. The lowest BCUT2D eigenvalue weighted by Gasteiger charge is -2.08. The molecule has 0 spiro atoms. The molecule has 3 aromatic rings. The first-order valence-corrected chi connectivity index (χ1v) is 8.45. The summed E-state index contributed by atoms with van der Waals surface area (Å²) in [6, 6.07) is 10.0. The third-order valence-electron chi connectivity index (χ3n) is 3.58. The molecule has 2 aromatic carbocycles. The number of carbonyl (C=O) groups is 1. The van der Waals surface area contributed by atoms with Crippen LogP contribution < -0.4 is 9.47 Å². The molecule has 0 aliphatic heterocycles. The van der Waals surface area contributed by atoms with Gasteiger partial charge in [0.2, 0.25) is 5.82 Å². The van der Waals surface area contributed by atoms with Crippen LogP contribution in [0, 0.1) is 0 Å². The molecule has 0 atom stereocenters. The maximum absolute atomic E-state index is 12.2. The molecule has 0 bridgehead atoms. The van der Waals surface area contributed by atoms with Crippen molar-refractivity contribution in [3.63, 3.8) is 0 Å². The highest BCUT2D eigenvalue weighted by molar-refractivity contribution is 6.37. The quantitative estimate of drug-likeness (QED) is 0.558. The van der Waals surface area contributed by atoms with E-state index in [-0.39, 0.29) is 33.9 Å². The molecule has 0 radical (unpaired) electrons. The number of benzene rings is 2. The van der Waals surface area contributed by atoms with Crippen LogP contribution in [-0.4, -0.2) is 30.3 Å². The first kappa shape index (κ1) is 19.0. The van der Waals surface area contributed by atoms with Gasteiger partial charge >= 0.3 is 5.97 Å². The van der Waals surface area contributed by atoms with Gasteiger partial charge in [0, 0.05) is 0 Å². The average molecular weight is 409 g/mol. The number of para-hydroxylation sites is 1. The SMILES string of the molecule is COc1ccccc1-c1noc(COC(=O)c2cc(Cl)c(OC)c(Cl)c2)n1. The maximum Gasteiger partial charge on any atom is 0.338 e. The molecule has 0 aliphatic rings. The normalized spacial score (nSPS) is 10.5. The minimum atomic E-state index is -0.640. The molecule has 0 fully saturated rings. The van der Waals surface area contributed by atoms with E-state index < -0.39 is 5.97 Å². The van der Waals surface area contributed by atoms with Gasteiger partial charge in [-0.25, -0.2) is 4.79 Å². The molecule has 1 aromatic heterocycles. The van der Waals surface area contributed by atoms with Crippen molar-refractivity contribution in [2.45, 2.75) is 6.61 Å². The summed E-state index contributed by atoms with van der Waals surface area (Å²) >= 11 is 12.1. The Morgan fingerprint density at radius 2 is 1.81 bits per heavy atom. The molecule has 9 heteroatoms. The Balaban J connectivity index is 1.71. The predicted octanol–water partition coefficient (Wildman–Crippen LogP) is 4.42. The van der Waals surface area contributed by atoms with Gasteiger partial charge in [-0.3, -0.25) is 0 Å². The van der Waals surface area contributed by atoms with E-state index in [0.717, 1.165) is 0 Å². The number of esters is 1. The second-order valence-corrected chi connectivity index (χ2v) is 6.08. The molecule has 27 heavy (non-hydrogen) atoms. The Labute approximate surface area is 164 Å². The summed E-state index contributed by atoms with van der Waals surface area (Å²) in [5, 5.41) is 4.28. The van der Waals surface area contributed by atoms with Gasteiger partial charge in [0.15, 0.2) is 12.4 Å². The summed E-state index contributed by atoms with van der Waals surface area (Å²) in [6.07, 6.45) is 0. The zero-order chi connectivity index (χ0) is 19.4. The van der Waals surface area contributed by atoms with Gasteiger partial charge in [-0.2, -0.15) is 4.98 Å². The van der Waals surface area contributed by atoms with Crippen LogP contribution in [0.25, 0.3) is 11.4 Å². The van der Waals surface area contributed by atoms with E-state index in [1.54, 1.807) is 19.2 Å². The largest absolute Gasteiger partial charge is 0.496 e. The van der Waals surface area contributed by atoms with Gasteiger partial charge in [0.1, 0.15) is 5.75 Å². The lowest BCUT2D eigenvalue weighted by Crippen LogP contribution is -2.06. The van der Waals surface area contributed by atoms with E-state index >= 15 is 0 Å². The van der Waals surface area contributed by atoms with Crippen LogP contribution in [0.1, 0.15) is 16.2 Å². The molecule has 3 rings (SSSR count). The van der Waals surface area contributed by atoms with E-state index in [0.29, 0.717) is 17.1 Å². The minimum absolute atomic E-state index is 0.134. The number of nitrogens with zero attached hydrogens (tertiary/aromatic N) is 2. The highest BCUT2D eigenvalue weighted by atomic mass is 35.5. The Hall–Kier alpha value is -2.77. The van der Waals surface area contributed by atoms with Gasteiger partial charge in [-0.1, -0.05) is 40.5 Å². The Kier molecular flexibility index (Phi) is 5.83. The average Bonchev–Trinajstić information content (AvgIpc) is 3.14. The fourth-order valence-corrected chi connectivity index (χ4v) is 2.98. The van der Waals surface area contributed by atoms with Crippen LogP contribution in [0.5, 0.6) is 11.5 Å². The maximum atomic E-state index is 12.2. The number of ether oxygens (including phenoxy) is 3. The van der Waals surface area contributed by atoms with Crippen molar-refractivity contribution in [3.05, 3.63) is 57.9 Å². The van der Waals surface area contributed by atoms with Crippen LogP contribution in [0.2, 0.25) is 10.0 Å². The number of halogens is 2. The summed E-state index contributed by atoms with van der Waals surface area (Å²) in [5.74, 6) is 0.708. The smallest absolute Gasteiger partial charge is 0.338 e. The van der Waals surface area contributed by atoms with Crippen LogP contribution in [0.4, 0.5) is 0 Å². The molecular weight excluding hydrogens is 395 g/mol. The lowest BCUT2D eigenvalue weighted by atomic mass is 10.2. The molecule has 0 N–H and O–H groups in total. The first-order valence-electron chi connectivity index (χ1n) is 7.69. The number of methoxy groups -OCH3 is 2. The fraction of sp³-hybridized carbons (Fsp3) is 0.167. The van der Waals surface area contributed by atoms with Crippen molar-refractivity contribution in [1.29, 1.82) is 0 Å². The number of aromatic nitrogens is 2. The van der Waals surface area contributed by atoms with E-state index in [4.69, 9.17) is 41.9 Å². The molecule has 0 saturated carbocycles. The van der Waals surface area contributed by atoms with Crippen molar-refractivity contribution in [3.8, 4) is 22.9 Å². The Morgan fingerprint density at radius 3 is 2.48 bits per heavy atom. The summed E-state index contributed by atoms with van der Waals surface area (Å²) in [7, 11) is 2.98. The van der Waals surface area contributed by atoms with Crippen molar-refractivity contribution in [2.24, 2.45) is 0 Å². The fourth-order valence-electron chi connectivity index (χ4n) is 2.34. The zero-order valence-corrected chi connectivity index (χ0v) is 15.9. The lowest BCUT2D eigenvalue weighted by molar-refractivity contribution is 0.0430. The minimum Gasteiger partial charge on any atom is -0.496 e. The van der Waals surface area contributed by atoms with Crippen LogP contribution >= 0.6 is 23.2 Å². The number of hydrogen-bond acceptors (Lipinski definition) is 7. The van der Waals surface area contributed by atoms with Gasteiger partial charge in [-0.05, 0) is 24.3 Å². The van der Waals surface area contributed by atoms with Crippen LogP contribution in [0.15, 0.2) is 40.9 Å². The van der Waals surface area contributed by atoms with Crippen molar-refractivity contribution in [1.82, 2.24) is 10.1 Å². The summed E-state index contributed by atoms with van der Waals surface area (Å²) in [6.45, 7) is -0.206. The van der Waals surface area contributed by atoms with E-state index in [1.165, 1.54) is 19.2 Å². The molecule has 1 heterocycles. The molecule has 0 saturated heterocycles. The molecule has 0 amide bonds. The van der Waals surface area contributed by atoms with Crippen LogP contribution in [0.3, 0.4) is 0 Å². The van der Waals surface area contributed by atoms with Gasteiger partial charge in [0.05, 0.1) is 35.4 Å². The van der Waals surface area contributed by atoms with E-state index in [9.17, 15) is 4.79 Å². The van der Waals surface area contributed by atoms with Crippen molar-refractivity contribution >= 4 is 29.2 Å². The van der Waals surface area contributed by atoms with E-state index in [2.05, 4.69) is 10.1 Å². The third kappa shape index (κ3) is 4.15. The van der Waals surface area contributed by atoms with E-state index in [1.807, 2.05) is 12.1 Å². The summed E-state index contributed by atoms with van der Waals surface area (Å²) in [5.41, 5.74) is 0.838. The van der Waals surface area contributed by atoms with Crippen LogP contribution in [-0.2, 0) is 11.3 Å². The number of carbonyl (C=O) groups excluding carboxylic acids is 1. The topological polar surface area (TPSA) is 83.7 Å². The number of rotatable bonds is 6. The van der Waals surface area contributed by atoms with Crippen molar-refractivity contribution in [2.75, 3.05) is 14.2 Å². The van der Waals surface area contributed by atoms with Gasteiger partial charge < -0.3 is 18.7 Å². The zero-order valence-electron chi connectivity index (χ0n) is 14.4. The second-order valence-electron chi connectivity index (χ2n) is 5.26. The molecule has 0 unspecified atom stereocenters. The Morgan fingerprint density at radius 1 is 1.11 bits per heavy atom. The molecule has 140 valence electrons. The number of hydrogen-bond donors (Lipinski definition) is 0. The summed E-state index contributed by atoms with van der Waals surface area (Å²) < 4.78 is 20.6.